The van der Waals surface area contributed by atoms with Crippen LogP contribution in [-0.4, -0.2) is 16.5 Å². The lowest BCUT2D eigenvalue weighted by atomic mass is 10.3. The Balaban J connectivity index is 2.60. The van der Waals surface area contributed by atoms with Crippen molar-refractivity contribution in [1.82, 2.24) is 9.97 Å². The summed E-state index contributed by atoms with van der Waals surface area (Å²) in [6.45, 7) is 0.410. The first-order chi connectivity index (χ1) is 7.24. The van der Waals surface area contributed by atoms with Gasteiger partial charge in [-0.3, -0.25) is 0 Å². The molecule has 1 aromatic heterocycles. The van der Waals surface area contributed by atoms with Crippen molar-refractivity contribution >= 4 is 23.5 Å². The first-order valence-electron chi connectivity index (χ1n) is 4.19. The molecule has 6 nitrogen and oxygen atoms in total. The Kier molecular flexibility index (Phi) is 4.40. The van der Waals surface area contributed by atoms with Gasteiger partial charge in [-0.25, -0.2) is 9.97 Å². The number of hydrogen-bond acceptors (Lipinski definition) is 4. The zero-order valence-corrected chi connectivity index (χ0v) is 8.59. The highest BCUT2D eigenvalue weighted by molar-refractivity contribution is 6.30. The van der Waals surface area contributed by atoms with Crippen LogP contribution in [0.15, 0.2) is 17.4 Å². The highest BCUT2D eigenvalue weighted by atomic mass is 35.5. The molecule has 1 heterocycles. The summed E-state index contributed by atoms with van der Waals surface area (Å²) in [5.41, 5.74) is 14.0. The number of rotatable bonds is 4. The quantitative estimate of drug-likeness (QED) is 0.368. The molecule has 0 aliphatic carbocycles. The lowest BCUT2D eigenvalue weighted by molar-refractivity contribution is 0.994. The molecular formula is C8H9ClN6. The Hall–Kier alpha value is -1.78. The van der Waals surface area contributed by atoms with E-state index in [2.05, 4.69) is 20.0 Å². The zero-order valence-electron chi connectivity index (χ0n) is 7.84. The Morgan fingerprint density at radius 2 is 2.47 bits per heavy atom. The van der Waals surface area contributed by atoms with Gasteiger partial charge in [0, 0.05) is 11.5 Å². The third kappa shape index (κ3) is 3.84. The van der Waals surface area contributed by atoms with Gasteiger partial charge < -0.3 is 5.73 Å². The van der Waals surface area contributed by atoms with Gasteiger partial charge in [-0.05, 0) is 18.0 Å². The maximum Gasteiger partial charge on any atom is 0.157 e. The summed E-state index contributed by atoms with van der Waals surface area (Å²) in [5, 5.41) is 3.64. The third-order valence-corrected chi connectivity index (χ3v) is 1.79. The predicted molar refractivity (Wildman–Crippen MR) is 59.1 cm³/mol. The number of hydrogen-bond donors (Lipinski definition) is 1. The zero-order chi connectivity index (χ0) is 11.1. The predicted octanol–water partition coefficient (Wildman–Crippen LogP) is 2.43. The van der Waals surface area contributed by atoms with Crippen molar-refractivity contribution in [2.24, 2.45) is 5.11 Å². The van der Waals surface area contributed by atoms with E-state index in [0.717, 1.165) is 0 Å². The molecule has 0 fully saturated rings. The SMILES string of the molecule is [N-]=[N+]=NCCC=Cc1ncc(N)nc1Cl. The van der Waals surface area contributed by atoms with Gasteiger partial charge in [0.2, 0.25) is 0 Å². The lowest BCUT2D eigenvalue weighted by Gasteiger charge is -1.96. The molecular weight excluding hydrogens is 216 g/mol. The Morgan fingerprint density at radius 1 is 1.67 bits per heavy atom. The molecule has 1 aromatic rings. The first kappa shape index (κ1) is 11.3. The molecule has 0 unspecified atom stereocenters. The summed E-state index contributed by atoms with van der Waals surface area (Å²) in [6.07, 6.45) is 5.58. The molecule has 0 aliphatic rings. The fourth-order valence-corrected chi connectivity index (χ4v) is 1.08. The van der Waals surface area contributed by atoms with E-state index in [1.54, 1.807) is 12.2 Å². The fourth-order valence-electron chi connectivity index (χ4n) is 0.872. The molecule has 0 bridgehead atoms. The smallest absolute Gasteiger partial charge is 0.157 e. The summed E-state index contributed by atoms with van der Waals surface area (Å²) in [5.74, 6) is 0.284. The molecule has 0 amide bonds. The van der Waals surface area contributed by atoms with Crippen molar-refractivity contribution < 1.29 is 0 Å². The molecule has 15 heavy (non-hydrogen) atoms. The maximum absolute atomic E-state index is 8.03. The maximum atomic E-state index is 8.03. The Bertz CT molecular complexity index is 410. The van der Waals surface area contributed by atoms with Crippen molar-refractivity contribution in [2.75, 3.05) is 12.3 Å². The van der Waals surface area contributed by atoms with Crippen LogP contribution in [0.2, 0.25) is 5.15 Å². The van der Waals surface area contributed by atoms with E-state index in [0.29, 0.717) is 18.7 Å². The second kappa shape index (κ2) is 5.85. The van der Waals surface area contributed by atoms with Crippen LogP contribution in [0.25, 0.3) is 16.5 Å². The van der Waals surface area contributed by atoms with Crippen molar-refractivity contribution in [3.05, 3.63) is 33.6 Å². The normalized spacial score (nSPS) is 10.2. The second-order valence-electron chi connectivity index (χ2n) is 2.62. The van der Waals surface area contributed by atoms with Gasteiger partial charge >= 0.3 is 0 Å². The number of nitrogen functional groups attached to an aromatic ring is 1. The van der Waals surface area contributed by atoms with Crippen molar-refractivity contribution in [3.8, 4) is 0 Å². The molecule has 78 valence electrons. The first-order valence-corrected chi connectivity index (χ1v) is 4.57. The molecule has 0 aliphatic heterocycles. The van der Waals surface area contributed by atoms with Gasteiger partial charge in [-0.1, -0.05) is 22.8 Å². The molecule has 0 saturated heterocycles. The summed E-state index contributed by atoms with van der Waals surface area (Å²) in [4.78, 5) is 10.5. The second-order valence-corrected chi connectivity index (χ2v) is 2.97. The van der Waals surface area contributed by atoms with Gasteiger partial charge in [0.15, 0.2) is 5.15 Å². The van der Waals surface area contributed by atoms with Crippen molar-refractivity contribution in [1.29, 1.82) is 0 Å². The van der Waals surface area contributed by atoms with E-state index in [4.69, 9.17) is 22.9 Å². The molecule has 0 atom stereocenters. The number of aromatic nitrogens is 2. The van der Waals surface area contributed by atoms with Crippen LogP contribution in [0.3, 0.4) is 0 Å². The Labute approximate surface area is 91.4 Å². The van der Waals surface area contributed by atoms with Crippen molar-refractivity contribution in [3.63, 3.8) is 0 Å². The van der Waals surface area contributed by atoms with Crippen LogP contribution in [-0.2, 0) is 0 Å². The van der Waals surface area contributed by atoms with Gasteiger partial charge in [-0.15, -0.1) is 0 Å². The van der Waals surface area contributed by atoms with Gasteiger partial charge in [0.1, 0.15) is 11.5 Å². The van der Waals surface area contributed by atoms with E-state index < -0.39 is 0 Å². The standard InChI is InChI=1S/C8H9ClN6/c9-8-6(12-5-7(10)14-8)3-1-2-4-13-15-11/h1,3,5H,2,4H2,(H2,10,14). The lowest BCUT2D eigenvalue weighted by Crippen LogP contribution is -1.94. The van der Waals surface area contributed by atoms with Crippen LogP contribution in [0.5, 0.6) is 0 Å². The highest BCUT2D eigenvalue weighted by Gasteiger charge is 1.98. The summed E-state index contributed by atoms with van der Waals surface area (Å²) >= 11 is 5.78. The number of nitrogens with two attached hydrogens (primary N) is 1. The largest absolute Gasteiger partial charge is 0.382 e. The number of azide groups is 1. The number of nitrogens with zero attached hydrogens (tertiary/aromatic N) is 5. The average molecular weight is 225 g/mol. The molecule has 0 saturated carbocycles. The summed E-state index contributed by atoms with van der Waals surface area (Å²) in [7, 11) is 0. The van der Waals surface area contributed by atoms with E-state index in [-0.39, 0.29) is 11.0 Å². The van der Waals surface area contributed by atoms with Gasteiger partial charge in [0.25, 0.3) is 0 Å². The monoisotopic (exact) mass is 224 g/mol. The molecule has 1 rings (SSSR count). The molecule has 0 spiro atoms. The fraction of sp³-hybridized carbons (Fsp3) is 0.250. The van der Waals surface area contributed by atoms with Crippen LogP contribution >= 0.6 is 11.6 Å². The van der Waals surface area contributed by atoms with E-state index in [1.807, 2.05) is 0 Å². The molecule has 7 heteroatoms. The van der Waals surface area contributed by atoms with E-state index in [9.17, 15) is 0 Å². The van der Waals surface area contributed by atoms with Crippen LogP contribution in [0.1, 0.15) is 12.1 Å². The topological polar surface area (TPSA) is 101 Å². The van der Waals surface area contributed by atoms with Crippen LogP contribution in [0.4, 0.5) is 5.82 Å². The van der Waals surface area contributed by atoms with Crippen LogP contribution < -0.4 is 5.73 Å². The minimum Gasteiger partial charge on any atom is -0.382 e. The molecule has 2 N–H and O–H groups in total. The molecule has 0 radical (unpaired) electrons. The number of halogens is 1. The van der Waals surface area contributed by atoms with E-state index in [1.165, 1.54) is 6.20 Å². The van der Waals surface area contributed by atoms with Crippen LogP contribution in [0, 0.1) is 0 Å². The van der Waals surface area contributed by atoms with Crippen molar-refractivity contribution in [2.45, 2.75) is 6.42 Å². The highest BCUT2D eigenvalue weighted by Crippen LogP contribution is 2.13. The average Bonchev–Trinajstić information content (AvgIpc) is 2.20. The van der Waals surface area contributed by atoms with E-state index >= 15 is 0 Å². The minimum absolute atomic E-state index is 0.259. The summed E-state index contributed by atoms with van der Waals surface area (Å²) < 4.78 is 0. The van der Waals surface area contributed by atoms with Gasteiger partial charge in [0.05, 0.1) is 6.20 Å². The minimum atomic E-state index is 0.259. The molecule has 0 aromatic carbocycles. The third-order valence-electron chi connectivity index (χ3n) is 1.51. The number of anilines is 1. The van der Waals surface area contributed by atoms with Gasteiger partial charge in [-0.2, -0.15) is 0 Å². The Morgan fingerprint density at radius 3 is 3.13 bits per heavy atom. The summed E-state index contributed by atoms with van der Waals surface area (Å²) in [6, 6.07) is 0.